The highest BCUT2D eigenvalue weighted by atomic mass is 32.1. The van der Waals surface area contributed by atoms with E-state index in [0.29, 0.717) is 40.8 Å². The van der Waals surface area contributed by atoms with Crippen LogP contribution in [-0.2, 0) is 22.8 Å². The van der Waals surface area contributed by atoms with Crippen LogP contribution in [0, 0.1) is 13.8 Å². The highest BCUT2D eigenvalue weighted by molar-refractivity contribution is 7.15. The van der Waals surface area contributed by atoms with Gasteiger partial charge in [-0.05, 0) is 66.9 Å². The van der Waals surface area contributed by atoms with Gasteiger partial charge in [0, 0.05) is 5.56 Å². The molecule has 0 aliphatic carbocycles. The Morgan fingerprint density at radius 1 is 0.795 bits per heavy atom. The number of carbonyl (C=O) groups is 2. The molecule has 8 nitrogen and oxygen atoms in total. The fourth-order valence-electron chi connectivity index (χ4n) is 5.05. The van der Waals surface area contributed by atoms with Gasteiger partial charge in [0.2, 0.25) is 5.13 Å². The molecule has 1 aromatic heterocycles. The Bertz CT molecular complexity index is 1830. The van der Waals surface area contributed by atoms with Gasteiger partial charge in [0.1, 0.15) is 35.5 Å². The van der Waals surface area contributed by atoms with E-state index in [2.05, 4.69) is 16.3 Å². The summed E-state index contributed by atoms with van der Waals surface area (Å²) in [4.78, 5) is 28.2. The number of aryl methyl sites for hydroxylation is 2. The summed E-state index contributed by atoms with van der Waals surface area (Å²) in [7, 11) is 0. The van der Waals surface area contributed by atoms with E-state index in [1.807, 2.05) is 55.5 Å². The number of benzene rings is 4. The molecule has 4 aromatic carbocycles. The fraction of sp³-hybridized carbons (Fsp3) is 0.143. The lowest BCUT2D eigenvalue weighted by molar-refractivity contribution is -0.132. The van der Waals surface area contributed by atoms with E-state index in [0.717, 1.165) is 16.7 Å². The summed E-state index contributed by atoms with van der Waals surface area (Å²) < 4.78 is 11.9. The first-order valence-electron chi connectivity index (χ1n) is 14.0. The van der Waals surface area contributed by atoms with Crippen molar-refractivity contribution in [2.45, 2.75) is 33.1 Å². The van der Waals surface area contributed by atoms with E-state index >= 15 is 0 Å². The van der Waals surface area contributed by atoms with Crippen molar-refractivity contribution < 1.29 is 24.2 Å². The average Bonchev–Trinajstić information content (AvgIpc) is 3.59. The Hall–Kier alpha value is -5.28. The fourth-order valence-corrected chi connectivity index (χ4v) is 5.76. The molecule has 1 aliphatic rings. The van der Waals surface area contributed by atoms with Crippen LogP contribution in [0.2, 0.25) is 0 Å². The molecule has 5 aromatic rings. The second kappa shape index (κ2) is 12.5. The van der Waals surface area contributed by atoms with E-state index in [4.69, 9.17) is 9.47 Å². The molecule has 1 aliphatic heterocycles. The first-order chi connectivity index (χ1) is 21.4. The van der Waals surface area contributed by atoms with Crippen molar-refractivity contribution >= 4 is 33.9 Å². The number of hydrogen-bond donors (Lipinski definition) is 1. The van der Waals surface area contributed by atoms with Crippen LogP contribution >= 0.6 is 11.3 Å². The minimum atomic E-state index is -0.914. The molecule has 44 heavy (non-hydrogen) atoms. The SMILES string of the molecule is Cc1cccc(COc2ccc(C(O)=C3C(=O)C(=O)N(c4nnc(C)s4)C3c3ccc(OCc4ccccc4)cc3)cc2)c1. The van der Waals surface area contributed by atoms with Gasteiger partial charge in [0.05, 0.1) is 11.6 Å². The lowest BCUT2D eigenvalue weighted by Gasteiger charge is -2.22. The van der Waals surface area contributed by atoms with E-state index in [9.17, 15) is 14.7 Å². The number of rotatable bonds is 9. The maximum absolute atomic E-state index is 13.5. The first-order valence-corrected chi connectivity index (χ1v) is 14.9. The summed E-state index contributed by atoms with van der Waals surface area (Å²) in [5, 5.41) is 20.6. The van der Waals surface area contributed by atoms with E-state index in [1.165, 1.54) is 16.2 Å². The standard InChI is InChI=1S/C35H29N3O5S/c1-22-7-6-10-25(19-22)21-43-29-17-13-27(14-18-29)32(39)30-31(38(34(41)33(30)40)35-37-36-23(2)44-35)26-11-15-28(16-12-26)42-20-24-8-4-3-5-9-24/h3-19,31,39H,20-21H2,1-2H3. The number of hydrogen-bond acceptors (Lipinski definition) is 8. The molecule has 1 amide bonds. The lowest BCUT2D eigenvalue weighted by Crippen LogP contribution is -2.29. The van der Waals surface area contributed by atoms with Crippen LogP contribution < -0.4 is 14.4 Å². The Morgan fingerprint density at radius 2 is 1.43 bits per heavy atom. The first kappa shape index (κ1) is 28.8. The van der Waals surface area contributed by atoms with Crippen LogP contribution in [0.5, 0.6) is 11.5 Å². The van der Waals surface area contributed by atoms with Crippen LogP contribution in [-0.4, -0.2) is 27.0 Å². The Labute approximate surface area is 258 Å². The molecule has 1 fully saturated rings. The maximum atomic E-state index is 13.5. The van der Waals surface area contributed by atoms with Crippen LogP contribution in [0.15, 0.2) is 109 Å². The summed E-state index contributed by atoms with van der Waals surface area (Å²) in [5.41, 5.74) is 4.18. The monoisotopic (exact) mass is 603 g/mol. The second-order valence-electron chi connectivity index (χ2n) is 10.4. The molecule has 0 saturated carbocycles. The molecular weight excluding hydrogens is 574 g/mol. The van der Waals surface area contributed by atoms with Gasteiger partial charge in [-0.3, -0.25) is 14.5 Å². The third-order valence-electron chi connectivity index (χ3n) is 7.23. The van der Waals surface area contributed by atoms with Crippen LogP contribution in [0.1, 0.15) is 38.9 Å². The minimum Gasteiger partial charge on any atom is -0.507 e. The molecule has 1 saturated heterocycles. The summed E-state index contributed by atoms with van der Waals surface area (Å²) in [6, 6.07) is 30.9. The normalized spacial score (nSPS) is 15.9. The summed E-state index contributed by atoms with van der Waals surface area (Å²) >= 11 is 1.20. The van der Waals surface area contributed by atoms with Crippen molar-refractivity contribution in [2.24, 2.45) is 0 Å². The molecule has 1 atom stereocenters. The topological polar surface area (TPSA) is 102 Å². The van der Waals surface area contributed by atoms with Gasteiger partial charge in [-0.15, -0.1) is 10.2 Å². The molecule has 1 unspecified atom stereocenters. The van der Waals surface area contributed by atoms with E-state index in [-0.39, 0.29) is 16.5 Å². The van der Waals surface area contributed by atoms with Gasteiger partial charge in [-0.25, -0.2) is 0 Å². The van der Waals surface area contributed by atoms with Crippen molar-refractivity contribution in [1.82, 2.24) is 10.2 Å². The molecule has 220 valence electrons. The zero-order valence-corrected chi connectivity index (χ0v) is 25.0. The predicted octanol–water partition coefficient (Wildman–Crippen LogP) is 6.94. The summed E-state index contributed by atoms with van der Waals surface area (Å²) in [6.45, 7) is 4.59. The van der Waals surface area contributed by atoms with Gasteiger partial charge in [-0.1, -0.05) is 83.6 Å². The number of ketones is 1. The molecule has 6 rings (SSSR count). The second-order valence-corrected chi connectivity index (χ2v) is 11.6. The molecular formula is C35H29N3O5S. The Kier molecular flexibility index (Phi) is 8.21. The number of anilines is 1. The number of amides is 1. The number of aromatic nitrogens is 2. The number of aliphatic hydroxyl groups is 1. The molecule has 0 bridgehead atoms. The number of aliphatic hydroxyl groups excluding tert-OH is 1. The third kappa shape index (κ3) is 6.09. The zero-order valence-electron chi connectivity index (χ0n) is 24.1. The van der Waals surface area contributed by atoms with Crippen LogP contribution in [0.25, 0.3) is 5.76 Å². The largest absolute Gasteiger partial charge is 0.507 e. The molecule has 0 radical (unpaired) electrons. The maximum Gasteiger partial charge on any atom is 0.301 e. The van der Waals surface area contributed by atoms with Crippen LogP contribution in [0.3, 0.4) is 0 Å². The quantitative estimate of drug-likeness (QED) is 0.111. The summed E-state index contributed by atoms with van der Waals surface area (Å²) in [5.74, 6) is -0.635. The smallest absolute Gasteiger partial charge is 0.301 e. The number of nitrogens with zero attached hydrogens (tertiary/aromatic N) is 3. The van der Waals surface area contributed by atoms with Gasteiger partial charge in [0.15, 0.2) is 0 Å². The molecule has 0 spiro atoms. The van der Waals surface area contributed by atoms with Crippen molar-refractivity contribution in [3.63, 3.8) is 0 Å². The number of carbonyl (C=O) groups excluding carboxylic acids is 2. The summed E-state index contributed by atoms with van der Waals surface area (Å²) in [6.07, 6.45) is 0. The Balaban J connectivity index is 1.30. The lowest BCUT2D eigenvalue weighted by atomic mass is 9.95. The highest BCUT2D eigenvalue weighted by Gasteiger charge is 2.48. The van der Waals surface area contributed by atoms with Crippen LogP contribution in [0.4, 0.5) is 5.13 Å². The number of ether oxygens (including phenoxy) is 2. The van der Waals surface area contributed by atoms with Gasteiger partial charge < -0.3 is 14.6 Å². The third-order valence-corrected chi connectivity index (χ3v) is 8.06. The minimum absolute atomic E-state index is 0.0331. The van der Waals surface area contributed by atoms with Gasteiger partial charge in [0.25, 0.3) is 5.78 Å². The van der Waals surface area contributed by atoms with Crippen molar-refractivity contribution in [1.29, 1.82) is 0 Å². The predicted molar refractivity (Wildman–Crippen MR) is 169 cm³/mol. The van der Waals surface area contributed by atoms with Gasteiger partial charge in [-0.2, -0.15) is 0 Å². The average molecular weight is 604 g/mol. The van der Waals surface area contributed by atoms with Crippen molar-refractivity contribution in [3.05, 3.63) is 142 Å². The molecule has 1 N–H and O–H groups in total. The molecule has 9 heteroatoms. The van der Waals surface area contributed by atoms with Gasteiger partial charge >= 0.3 is 5.91 Å². The molecule has 2 heterocycles. The highest BCUT2D eigenvalue weighted by Crippen LogP contribution is 2.43. The Morgan fingerprint density at radius 3 is 2.07 bits per heavy atom. The zero-order chi connectivity index (χ0) is 30.6. The number of Topliss-reactive ketones (excluding diaryl/α,β-unsaturated/α-hetero) is 1. The van der Waals surface area contributed by atoms with Crippen molar-refractivity contribution in [3.8, 4) is 11.5 Å². The van der Waals surface area contributed by atoms with Crippen molar-refractivity contribution in [2.75, 3.05) is 4.90 Å². The van der Waals surface area contributed by atoms with E-state index < -0.39 is 17.7 Å². The van der Waals surface area contributed by atoms with E-state index in [1.54, 1.807) is 55.5 Å².